The summed E-state index contributed by atoms with van der Waals surface area (Å²) < 4.78 is 10.9. The van der Waals surface area contributed by atoms with Crippen LogP contribution in [0.2, 0.25) is 0 Å². The van der Waals surface area contributed by atoms with Crippen LogP contribution in [0, 0.1) is 0 Å². The van der Waals surface area contributed by atoms with Gasteiger partial charge in [0.05, 0.1) is 12.2 Å². The minimum Gasteiger partial charge on any atom is -0.457 e. The molecule has 8 heteroatoms. The van der Waals surface area contributed by atoms with Crippen LogP contribution in [0.5, 0.6) is 0 Å². The zero-order valence-electron chi connectivity index (χ0n) is 16.1. The fourth-order valence-electron chi connectivity index (χ4n) is 3.30. The van der Waals surface area contributed by atoms with Gasteiger partial charge in [0.15, 0.2) is 11.5 Å². The molecule has 1 saturated heterocycles. The van der Waals surface area contributed by atoms with Crippen LogP contribution in [0.15, 0.2) is 47.2 Å². The lowest BCUT2D eigenvalue weighted by Gasteiger charge is -2.40. The first-order valence-electron chi connectivity index (χ1n) is 9.28. The van der Waals surface area contributed by atoms with Crippen molar-refractivity contribution in [1.29, 1.82) is 0 Å². The van der Waals surface area contributed by atoms with E-state index >= 15 is 0 Å². The molecule has 2 aliphatic rings. The third-order valence-corrected chi connectivity index (χ3v) is 4.97. The predicted molar refractivity (Wildman–Crippen MR) is 101 cm³/mol. The van der Waals surface area contributed by atoms with Crippen molar-refractivity contribution in [1.82, 2.24) is 0 Å². The van der Waals surface area contributed by atoms with Gasteiger partial charge in [0, 0.05) is 11.1 Å². The van der Waals surface area contributed by atoms with Gasteiger partial charge in [-0.15, -0.1) is 0 Å². The minimum absolute atomic E-state index is 0.104. The summed E-state index contributed by atoms with van der Waals surface area (Å²) in [6.45, 7) is 3.06. The van der Waals surface area contributed by atoms with Gasteiger partial charge < -0.3 is 29.9 Å². The van der Waals surface area contributed by atoms with E-state index in [1.165, 1.54) is 6.07 Å². The lowest BCUT2D eigenvalue weighted by molar-refractivity contribution is -0.290. The molecular weight excluding hydrogens is 380 g/mol. The zero-order chi connectivity index (χ0) is 21.3. The highest BCUT2D eigenvalue weighted by Gasteiger charge is 2.46. The Morgan fingerprint density at radius 3 is 2.24 bits per heavy atom. The monoisotopic (exact) mass is 404 g/mol. The van der Waals surface area contributed by atoms with Crippen molar-refractivity contribution in [3.63, 3.8) is 0 Å². The number of aliphatic hydroxyl groups excluding tert-OH is 4. The van der Waals surface area contributed by atoms with Crippen molar-refractivity contribution in [2.75, 3.05) is 6.61 Å². The summed E-state index contributed by atoms with van der Waals surface area (Å²) in [7, 11) is 0. The summed E-state index contributed by atoms with van der Waals surface area (Å²) in [5.74, 6) is -1.21. The van der Waals surface area contributed by atoms with Gasteiger partial charge in [-0.2, -0.15) is 0 Å². The second kappa shape index (κ2) is 8.56. The van der Waals surface area contributed by atoms with Crippen LogP contribution >= 0.6 is 0 Å². The molecule has 1 aliphatic heterocycles. The second-order valence-electron chi connectivity index (χ2n) is 7.31. The molecule has 5 atom stereocenters. The molecule has 1 aromatic carbocycles. The number of carbonyl (C=O) groups excluding carboxylic acids is 2. The number of hydrogen-bond acceptors (Lipinski definition) is 8. The van der Waals surface area contributed by atoms with Gasteiger partial charge in [0.25, 0.3) is 0 Å². The normalized spacial score (nSPS) is 29.5. The third-order valence-electron chi connectivity index (χ3n) is 4.97. The second-order valence-corrected chi connectivity index (χ2v) is 7.31. The number of fused-ring (bicyclic) bond motifs is 1. The Hall–Kier alpha value is -2.36. The Labute approximate surface area is 167 Å². The number of carbonyl (C=O) groups is 2. The SMILES string of the molecule is CC(C)=CCC1=C(OC2OC(CO)C(O)C(O)C2O)C(=O)c2ccccc2C1=O. The molecule has 3 rings (SSSR count). The van der Waals surface area contributed by atoms with Gasteiger partial charge in [0.1, 0.15) is 24.4 Å². The number of aliphatic hydroxyl groups is 4. The quantitative estimate of drug-likeness (QED) is 0.521. The zero-order valence-corrected chi connectivity index (χ0v) is 16.1. The van der Waals surface area contributed by atoms with Crippen molar-refractivity contribution in [2.45, 2.75) is 51.0 Å². The summed E-state index contributed by atoms with van der Waals surface area (Å²) in [6, 6.07) is 6.34. The fraction of sp³-hybridized carbons (Fsp3) is 0.429. The van der Waals surface area contributed by atoms with E-state index in [2.05, 4.69) is 0 Å². The molecular formula is C21H24O8. The Bertz CT molecular complexity index is 865. The molecule has 0 radical (unpaired) electrons. The number of ketones is 2. The molecule has 0 bridgehead atoms. The first kappa shape index (κ1) is 21.4. The van der Waals surface area contributed by atoms with Gasteiger partial charge in [-0.1, -0.05) is 35.9 Å². The highest BCUT2D eigenvalue weighted by molar-refractivity contribution is 6.26. The van der Waals surface area contributed by atoms with Crippen molar-refractivity contribution in [2.24, 2.45) is 0 Å². The van der Waals surface area contributed by atoms with E-state index in [1.54, 1.807) is 24.3 Å². The van der Waals surface area contributed by atoms with Crippen molar-refractivity contribution in [3.05, 3.63) is 58.4 Å². The molecule has 4 N–H and O–H groups in total. The molecule has 0 aromatic heterocycles. The van der Waals surface area contributed by atoms with E-state index in [-0.39, 0.29) is 34.7 Å². The Balaban J connectivity index is 2.00. The smallest absolute Gasteiger partial charge is 0.229 e. The first-order valence-corrected chi connectivity index (χ1v) is 9.28. The average molecular weight is 404 g/mol. The molecule has 0 amide bonds. The summed E-state index contributed by atoms with van der Waals surface area (Å²) in [5, 5.41) is 39.4. The van der Waals surface area contributed by atoms with Crippen molar-refractivity contribution in [3.8, 4) is 0 Å². The first-order chi connectivity index (χ1) is 13.8. The molecule has 1 fully saturated rings. The van der Waals surface area contributed by atoms with Gasteiger partial charge in [-0.3, -0.25) is 9.59 Å². The van der Waals surface area contributed by atoms with E-state index in [1.807, 2.05) is 13.8 Å². The maximum Gasteiger partial charge on any atom is 0.229 e. The van der Waals surface area contributed by atoms with Gasteiger partial charge >= 0.3 is 0 Å². The Kier molecular flexibility index (Phi) is 6.30. The third kappa shape index (κ3) is 4.03. The van der Waals surface area contributed by atoms with Crippen LogP contribution in [0.1, 0.15) is 41.0 Å². The maximum absolute atomic E-state index is 13.0. The van der Waals surface area contributed by atoms with Gasteiger partial charge in [-0.25, -0.2) is 0 Å². The maximum atomic E-state index is 13.0. The number of allylic oxidation sites excluding steroid dienone is 4. The van der Waals surface area contributed by atoms with E-state index in [0.29, 0.717) is 0 Å². The summed E-state index contributed by atoms with van der Waals surface area (Å²) in [6.07, 6.45) is -5.75. The molecule has 29 heavy (non-hydrogen) atoms. The average Bonchev–Trinajstić information content (AvgIpc) is 2.71. The lowest BCUT2D eigenvalue weighted by atomic mass is 9.86. The highest BCUT2D eigenvalue weighted by Crippen LogP contribution is 2.32. The van der Waals surface area contributed by atoms with Crippen molar-refractivity contribution < 1.29 is 39.5 Å². The molecule has 0 spiro atoms. The van der Waals surface area contributed by atoms with Gasteiger partial charge in [-0.05, 0) is 20.3 Å². The van der Waals surface area contributed by atoms with E-state index < -0.39 is 43.1 Å². The molecule has 1 aromatic rings. The summed E-state index contributed by atoms with van der Waals surface area (Å²) in [4.78, 5) is 26.0. The topological polar surface area (TPSA) is 134 Å². The molecule has 156 valence electrons. The fourth-order valence-corrected chi connectivity index (χ4v) is 3.30. The van der Waals surface area contributed by atoms with Crippen LogP contribution in [-0.2, 0) is 9.47 Å². The number of hydrogen-bond donors (Lipinski definition) is 4. The van der Waals surface area contributed by atoms with E-state index in [0.717, 1.165) is 5.57 Å². The number of ether oxygens (including phenoxy) is 2. The van der Waals surface area contributed by atoms with Crippen LogP contribution in [0.4, 0.5) is 0 Å². The van der Waals surface area contributed by atoms with Crippen molar-refractivity contribution >= 4 is 11.6 Å². The predicted octanol–water partition coefficient (Wildman–Crippen LogP) is 0.492. The molecule has 5 unspecified atom stereocenters. The van der Waals surface area contributed by atoms with Gasteiger partial charge in [0.2, 0.25) is 12.1 Å². The van der Waals surface area contributed by atoms with Crippen LogP contribution in [-0.4, -0.2) is 69.3 Å². The Morgan fingerprint density at radius 2 is 1.66 bits per heavy atom. The molecule has 1 heterocycles. The number of rotatable bonds is 5. The van der Waals surface area contributed by atoms with Crippen LogP contribution < -0.4 is 0 Å². The lowest BCUT2D eigenvalue weighted by Crippen LogP contribution is -2.59. The number of Topliss-reactive ketones (excluding diaryl/α,β-unsaturated/α-hetero) is 2. The highest BCUT2D eigenvalue weighted by atomic mass is 16.7. The van der Waals surface area contributed by atoms with E-state index in [9.17, 15) is 30.0 Å². The number of benzene rings is 1. The summed E-state index contributed by atoms with van der Waals surface area (Å²) in [5.41, 5.74) is 1.46. The Morgan fingerprint density at radius 1 is 1.03 bits per heavy atom. The molecule has 1 aliphatic carbocycles. The largest absolute Gasteiger partial charge is 0.457 e. The summed E-state index contributed by atoms with van der Waals surface area (Å²) >= 11 is 0. The molecule has 8 nitrogen and oxygen atoms in total. The minimum atomic E-state index is -1.69. The van der Waals surface area contributed by atoms with Crippen LogP contribution in [0.3, 0.4) is 0 Å². The van der Waals surface area contributed by atoms with E-state index in [4.69, 9.17) is 9.47 Å². The molecule has 0 saturated carbocycles. The standard InChI is InChI=1S/C21H24O8/c1-10(2)7-8-13-15(23)11-5-3-4-6-12(11)16(24)20(13)29-21-19(27)18(26)17(25)14(9-22)28-21/h3-7,14,17-19,21-22,25-27H,8-9H2,1-2H3. The van der Waals surface area contributed by atoms with Crippen LogP contribution in [0.25, 0.3) is 0 Å².